The lowest BCUT2D eigenvalue weighted by Crippen LogP contribution is -2.41. The number of benzene rings is 1. The van der Waals surface area contributed by atoms with Crippen LogP contribution in [0.4, 0.5) is 15.8 Å². The number of hydrogen-bond donors (Lipinski definition) is 2. The molecule has 1 saturated heterocycles. The lowest BCUT2D eigenvalue weighted by molar-refractivity contribution is -0.129. The third-order valence-electron chi connectivity index (χ3n) is 6.19. The maximum Gasteiger partial charge on any atom is 0.344 e. The zero-order valence-electron chi connectivity index (χ0n) is 18.7. The van der Waals surface area contributed by atoms with E-state index < -0.39 is 17.2 Å². The molecular weight excluding hydrogens is 471 g/mol. The van der Waals surface area contributed by atoms with Crippen LogP contribution in [-0.2, 0) is 9.53 Å². The Balaban J connectivity index is 1.87. The number of anilines is 2. The number of fused-ring (bicyclic) bond motifs is 3. The Kier molecular flexibility index (Phi) is 6.50. The second-order valence-corrected chi connectivity index (χ2v) is 9.71. The van der Waals surface area contributed by atoms with E-state index in [1.165, 1.54) is 18.7 Å². The molecule has 2 aromatic rings. The minimum Gasteiger partial charge on any atom is -0.462 e. The summed E-state index contributed by atoms with van der Waals surface area (Å²) in [5, 5.41) is 3.54. The first kappa shape index (κ1) is 23.7. The summed E-state index contributed by atoms with van der Waals surface area (Å²) >= 11 is 8.08. The molecule has 178 valence electrons. The molecule has 1 fully saturated rings. The quantitative estimate of drug-likeness (QED) is 0.491. The van der Waals surface area contributed by atoms with Gasteiger partial charge in [0, 0.05) is 37.8 Å². The highest BCUT2D eigenvalue weighted by Gasteiger charge is 2.34. The lowest BCUT2D eigenvalue weighted by Gasteiger charge is -2.32. The molecule has 0 bridgehead atoms. The fourth-order valence-electron chi connectivity index (χ4n) is 4.49. The van der Waals surface area contributed by atoms with Gasteiger partial charge in [0.05, 0.1) is 38.9 Å². The van der Waals surface area contributed by atoms with E-state index >= 15 is 4.39 Å². The summed E-state index contributed by atoms with van der Waals surface area (Å²) in [5.41, 5.74) is 5.30. The summed E-state index contributed by atoms with van der Waals surface area (Å²) in [6, 6.07) is -0.213. The number of thioether (sulfide) groups is 1. The van der Waals surface area contributed by atoms with Gasteiger partial charge in [0.2, 0.25) is 11.3 Å². The molecular formula is C22H26ClFN4O4S. The van der Waals surface area contributed by atoms with Crippen LogP contribution in [0.25, 0.3) is 10.9 Å². The number of halogens is 2. The number of carbonyl (C=O) groups excluding carboxylic acids is 2. The number of piperidine rings is 1. The Hall–Kier alpha value is -2.46. The number of ether oxygens (including phenoxy) is 1. The van der Waals surface area contributed by atoms with Crippen molar-refractivity contribution in [1.82, 2.24) is 9.47 Å². The Morgan fingerprint density at radius 1 is 1.33 bits per heavy atom. The van der Waals surface area contributed by atoms with Gasteiger partial charge in [-0.15, -0.1) is 11.8 Å². The lowest BCUT2D eigenvalue weighted by atomic mass is 10.0. The molecule has 0 aliphatic carbocycles. The summed E-state index contributed by atoms with van der Waals surface area (Å²) in [5.74, 6) is -0.964. The molecule has 0 radical (unpaired) electrons. The van der Waals surface area contributed by atoms with E-state index in [1.807, 2.05) is 6.92 Å². The molecule has 0 saturated carbocycles. The van der Waals surface area contributed by atoms with Gasteiger partial charge in [-0.3, -0.25) is 9.59 Å². The number of carbonyl (C=O) groups is 2. The zero-order valence-corrected chi connectivity index (χ0v) is 20.2. The zero-order chi connectivity index (χ0) is 24.0. The van der Waals surface area contributed by atoms with Crippen LogP contribution in [0, 0.1) is 5.82 Å². The molecule has 2 aliphatic heterocycles. The summed E-state index contributed by atoms with van der Waals surface area (Å²) in [4.78, 5) is 39.3. The molecule has 3 N–H and O–H groups in total. The molecule has 1 amide bonds. The number of nitrogen functional groups attached to an aromatic ring is 1. The second kappa shape index (κ2) is 9.06. The van der Waals surface area contributed by atoms with Crippen LogP contribution in [0.3, 0.4) is 0 Å². The van der Waals surface area contributed by atoms with Crippen molar-refractivity contribution in [3.05, 3.63) is 26.6 Å². The van der Waals surface area contributed by atoms with Crippen molar-refractivity contribution in [2.75, 3.05) is 36.5 Å². The molecule has 2 aliphatic rings. The number of likely N-dealkylation sites (tertiary alicyclic amines) is 1. The first-order chi connectivity index (χ1) is 15.7. The smallest absolute Gasteiger partial charge is 0.344 e. The van der Waals surface area contributed by atoms with Gasteiger partial charge in [0.15, 0.2) is 5.82 Å². The monoisotopic (exact) mass is 496 g/mol. The minimum absolute atomic E-state index is 0.00596. The van der Waals surface area contributed by atoms with Gasteiger partial charge in [-0.05, 0) is 26.7 Å². The summed E-state index contributed by atoms with van der Waals surface area (Å²) in [6.45, 7) is 6.32. The molecule has 11 heteroatoms. The van der Waals surface area contributed by atoms with Crippen LogP contribution in [0.5, 0.6) is 0 Å². The molecule has 0 spiro atoms. The molecule has 1 aromatic carbocycles. The Morgan fingerprint density at radius 2 is 2.00 bits per heavy atom. The highest BCUT2D eigenvalue weighted by molar-refractivity contribution is 7.99. The highest BCUT2D eigenvalue weighted by atomic mass is 35.5. The van der Waals surface area contributed by atoms with Crippen LogP contribution in [0.15, 0.2) is 9.82 Å². The van der Waals surface area contributed by atoms with E-state index in [-0.39, 0.29) is 51.9 Å². The summed E-state index contributed by atoms with van der Waals surface area (Å²) in [7, 11) is 0. The van der Waals surface area contributed by atoms with Crippen LogP contribution in [0.2, 0.25) is 5.02 Å². The van der Waals surface area contributed by atoms with Gasteiger partial charge in [-0.2, -0.15) is 0 Å². The maximum absolute atomic E-state index is 15.5. The summed E-state index contributed by atoms with van der Waals surface area (Å²) < 4.78 is 22.3. The number of pyridine rings is 1. The number of esters is 1. The molecule has 1 aromatic heterocycles. The van der Waals surface area contributed by atoms with Crippen molar-refractivity contribution in [3.8, 4) is 0 Å². The predicted octanol–water partition coefficient (Wildman–Crippen LogP) is 3.64. The van der Waals surface area contributed by atoms with Crippen molar-refractivity contribution in [2.45, 2.75) is 50.7 Å². The Labute approximate surface area is 199 Å². The third-order valence-corrected chi connectivity index (χ3v) is 7.88. The van der Waals surface area contributed by atoms with E-state index in [4.69, 9.17) is 22.1 Å². The SMILES string of the molecule is CCOC(=O)c1c2n(c3c(Cl)c(NC4CCN(C(C)=O)CC4)c(F)c(N)c3c1=O)[C@H](C)CS2. The number of rotatable bonds is 4. The molecule has 4 rings (SSSR count). The van der Waals surface area contributed by atoms with Crippen molar-refractivity contribution < 1.29 is 18.7 Å². The van der Waals surface area contributed by atoms with Crippen molar-refractivity contribution in [2.24, 2.45) is 0 Å². The average molecular weight is 497 g/mol. The van der Waals surface area contributed by atoms with Crippen LogP contribution >= 0.6 is 23.4 Å². The standard InChI is InChI=1S/C22H26ClFN4O4S/c1-4-32-22(31)14-20(30)13-17(25)16(24)18(26-12-5-7-27(8-6-12)11(3)29)15(23)19(13)28-10(2)9-33-21(14)28/h10,12,26H,4-9,25H2,1-3H3/t10-/m1/s1. The van der Waals surface area contributed by atoms with E-state index in [1.54, 1.807) is 16.4 Å². The molecule has 33 heavy (non-hydrogen) atoms. The first-order valence-corrected chi connectivity index (χ1v) is 12.2. The molecule has 3 heterocycles. The fourth-order valence-corrected chi connectivity index (χ4v) is 6.09. The number of amides is 1. The van der Waals surface area contributed by atoms with Gasteiger partial charge in [-0.1, -0.05) is 11.6 Å². The number of nitrogens with one attached hydrogen (secondary N) is 1. The van der Waals surface area contributed by atoms with Crippen molar-refractivity contribution >= 4 is 57.5 Å². The normalized spacial score (nSPS) is 18.5. The molecule has 8 nitrogen and oxygen atoms in total. The highest BCUT2D eigenvalue weighted by Crippen LogP contribution is 2.44. The van der Waals surface area contributed by atoms with Gasteiger partial charge in [0.25, 0.3) is 0 Å². The van der Waals surface area contributed by atoms with Crippen LogP contribution < -0.4 is 16.5 Å². The molecule has 1 atom stereocenters. The van der Waals surface area contributed by atoms with Crippen LogP contribution in [0.1, 0.15) is 50.0 Å². The van der Waals surface area contributed by atoms with E-state index in [0.717, 1.165) is 0 Å². The van der Waals surface area contributed by atoms with Gasteiger partial charge >= 0.3 is 5.97 Å². The predicted molar refractivity (Wildman–Crippen MR) is 128 cm³/mol. The topological polar surface area (TPSA) is 107 Å². The van der Waals surface area contributed by atoms with Gasteiger partial charge < -0.3 is 25.3 Å². The number of aromatic nitrogens is 1. The van der Waals surface area contributed by atoms with Crippen LogP contribution in [-0.4, -0.2) is 52.8 Å². The molecule has 0 unspecified atom stereocenters. The minimum atomic E-state index is -0.827. The fraction of sp³-hybridized carbons (Fsp3) is 0.500. The number of nitrogens with two attached hydrogens (primary N) is 1. The largest absolute Gasteiger partial charge is 0.462 e. The van der Waals surface area contributed by atoms with Crippen molar-refractivity contribution in [1.29, 1.82) is 0 Å². The third kappa shape index (κ3) is 3.93. The van der Waals surface area contributed by atoms with Gasteiger partial charge in [0.1, 0.15) is 5.56 Å². The Bertz CT molecular complexity index is 1210. The number of nitrogens with zero attached hydrogens (tertiary/aromatic N) is 2. The number of hydrogen-bond acceptors (Lipinski definition) is 7. The Morgan fingerprint density at radius 3 is 2.61 bits per heavy atom. The van der Waals surface area contributed by atoms with Gasteiger partial charge in [-0.25, -0.2) is 9.18 Å². The average Bonchev–Trinajstić information content (AvgIpc) is 3.15. The van der Waals surface area contributed by atoms with E-state index in [2.05, 4.69) is 5.32 Å². The summed E-state index contributed by atoms with van der Waals surface area (Å²) in [6.07, 6.45) is 1.25. The second-order valence-electron chi connectivity index (χ2n) is 8.32. The van der Waals surface area contributed by atoms with Crippen molar-refractivity contribution in [3.63, 3.8) is 0 Å². The maximum atomic E-state index is 15.5. The van der Waals surface area contributed by atoms with E-state index in [9.17, 15) is 14.4 Å². The van der Waals surface area contributed by atoms with E-state index in [0.29, 0.717) is 42.2 Å². The first-order valence-electron chi connectivity index (χ1n) is 10.9.